The van der Waals surface area contributed by atoms with Gasteiger partial charge in [0, 0.05) is 16.0 Å². The average molecular weight is 313 g/mol. The first-order chi connectivity index (χ1) is 7.27. The summed E-state index contributed by atoms with van der Waals surface area (Å²) in [6.45, 7) is 0. The van der Waals surface area contributed by atoms with Gasteiger partial charge in [-0.25, -0.2) is 0 Å². The van der Waals surface area contributed by atoms with Gasteiger partial charge in [-0.15, -0.1) is 0 Å². The van der Waals surface area contributed by atoms with E-state index in [1.165, 1.54) is 9.13 Å². The van der Waals surface area contributed by atoms with Crippen molar-refractivity contribution < 1.29 is 4.42 Å². The molecular formula is C12H12INO. The zero-order valence-electron chi connectivity index (χ0n) is 8.19. The molecule has 0 spiro atoms. The van der Waals surface area contributed by atoms with Crippen LogP contribution in [0.1, 0.15) is 17.4 Å². The maximum absolute atomic E-state index is 6.12. The Morgan fingerprint density at radius 2 is 2.00 bits per heavy atom. The Bertz CT molecular complexity index is 425. The van der Waals surface area contributed by atoms with Crippen molar-refractivity contribution in [1.29, 1.82) is 0 Å². The minimum absolute atomic E-state index is 0.00394. The second kappa shape index (κ2) is 4.81. The number of nitrogens with two attached hydrogens (primary N) is 1. The van der Waals surface area contributed by atoms with Crippen LogP contribution in [0.2, 0.25) is 0 Å². The molecule has 0 saturated carbocycles. The maximum atomic E-state index is 6.12. The summed E-state index contributed by atoms with van der Waals surface area (Å²) in [5, 5.41) is 0. The summed E-state index contributed by atoms with van der Waals surface area (Å²) in [5.41, 5.74) is 7.30. The third-order valence-corrected chi connectivity index (χ3v) is 3.29. The van der Waals surface area contributed by atoms with Gasteiger partial charge in [0.15, 0.2) is 0 Å². The summed E-state index contributed by atoms with van der Waals surface area (Å²) in [6.07, 6.45) is 2.42. The molecule has 0 fully saturated rings. The monoisotopic (exact) mass is 313 g/mol. The van der Waals surface area contributed by atoms with Crippen LogP contribution in [0.25, 0.3) is 0 Å². The molecule has 0 saturated heterocycles. The van der Waals surface area contributed by atoms with Crippen LogP contribution in [0.3, 0.4) is 0 Å². The van der Waals surface area contributed by atoms with Crippen LogP contribution in [-0.2, 0) is 6.42 Å². The third kappa shape index (κ3) is 2.60. The molecule has 0 aliphatic carbocycles. The average Bonchev–Trinajstić information content (AvgIpc) is 2.71. The van der Waals surface area contributed by atoms with Gasteiger partial charge in [-0.2, -0.15) is 0 Å². The van der Waals surface area contributed by atoms with Gasteiger partial charge in [0.1, 0.15) is 5.76 Å². The lowest BCUT2D eigenvalue weighted by Gasteiger charge is -2.12. The standard InChI is InChI=1S/C12H12INO/c13-11-6-2-1-5-10(11)12(14)8-9-4-3-7-15-9/h1-7,12H,8,14H2. The molecule has 2 aromatic rings. The van der Waals surface area contributed by atoms with Crippen molar-refractivity contribution in [3.63, 3.8) is 0 Å². The molecule has 3 heteroatoms. The summed E-state index contributed by atoms with van der Waals surface area (Å²) >= 11 is 2.31. The van der Waals surface area contributed by atoms with Gasteiger partial charge in [0.25, 0.3) is 0 Å². The van der Waals surface area contributed by atoms with E-state index in [9.17, 15) is 0 Å². The normalized spacial score (nSPS) is 12.7. The van der Waals surface area contributed by atoms with Crippen molar-refractivity contribution in [3.05, 3.63) is 57.6 Å². The molecule has 1 heterocycles. The zero-order chi connectivity index (χ0) is 10.7. The Morgan fingerprint density at radius 1 is 1.20 bits per heavy atom. The van der Waals surface area contributed by atoms with Crippen molar-refractivity contribution in [2.45, 2.75) is 12.5 Å². The van der Waals surface area contributed by atoms with Crippen LogP contribution in [0, 0.1) is 3.57 Å². The fraction of sp³-hybridized carbons (Fsp3) is 0.167. The van der Waals surface area contributed by atoms with Crippen molar-refractivity contribution in [3.8, 4) is 0 Å². The minimum atomic E-state index is 0.00394. The third-order valence-electron chi connectivity index (χ3n) is 2.31. The molecular weight excluding hydrogens is 301 g/mol. The van der Waals surface area contributed by atoms with E-state index in [1.54, 1.807) is 6.26 Å². The van der Waals surface area contributed by atoms with Gasteiger partial charge in [-0.1, -0.05) is 18.2 Å². The molecule has 1 aromatic carbocycles. The van der Waals surface area contributed by atoms with Crippen molar-refractivity contribution in [2.75, 3.05) is 0 Å². The number of hydrogen-bond acceptors (Lipinski definition) is 2. The highest BCUT2D eigenvalue weighted by atomic mass is 127. The molecule has 1 unspecified atom stereocenters. The molecule has 1 aromatic heterocycles. The van der Waals surface area contributed by atoms with Crippen molar-refractivity contribution in [1.82, 2.24) is 0 Å². The Labute approximate surface area is 103 Å². The van der Waals surface area contributed by atoms with Crippen LogP contribution in [0.15, 0.2) is 47.1 Å². The van der Waals surface area contributed by atoms with Gasteiger partial charge >= 0.3 is 0 Å². The van der Waals surface area contributed by atoms with E-state index in [-0.39, 0.29) is 6.04 Å². The maximum Gasteiger partial charge on any atom is 0.105 e. The fourth-order valence-electron chi connectivity index (χ4n) is 1.53. The molecule has 0 bridgehead atoms. The number of benzene rings is 1. The zero-order valence-corrected chi connectivity index (χ0v) is 10.3. The predicted molar refractivity (Wildman–Crippen MR) is 68.5 cm³/mol. The molecule has 78 valence electrons. The predicted octanol–water partition coefficient (Wildman–Crippen LogP) is 3.13. The van der Waals surface area contributed by atoms with Crippen molar-refractivity contribution in [2.24, 2.45) is 5.73 Å². The Balaban J connectivity index is 2.15. The summed E-state index contributed by atoms with van der Waals surface area (Å²) in [4.78, 5) is 0. The summed E-state index contributed by atoms with van der Waals surface area (Å²) < 4.78 is 6.49. The highest BCUT2D eigenvalue weighted by Gasteiger charge is 2.11. The lowest BCUT2D eigenvalue weighted by atomic mass is 10.0. The molecule has 15 heavy (non-hydrogen) atoms. The Hall–Kier alpha value is -0.810. The van der Waals surface area contributed by atoms with Gasteiger partial charge in [-0.05, 0) is 46.4 Å². The van der Waals surface area contributed by atoms with E-state index in [2.05, 4.69) is 34.7 Å². The molecule has 0 aliphatic heterocycles. The summed E-state index contributed by atoms with van der Waals surface area (Å²) in [6, 6.07) is 12.0. The number of hydrogen-bond donors (Lipinski definition) is 1. The van der Waals surface area contributed by atoms with Crippen LogP contribution in [0.5, 0.6) is 0 Å². The Kier molecular flexibility index (Phi) is 3.43. The highest BCUT2D eigenvalue weighted by molar-refractivity contribution is 14.1. The lowest BCUT2D eigenvalue weighted by Crippen LogP contribution is -2.14. The summed E-state index contributed by atoms with van der Waals surface area (Å²) in [5.74, 6) is 0.933. The summed E-state index contributed by atoms with van der Waals surface area (Å²) in [7, 11) is 0. The quantitative estimate of drug-likeness (QED) is 0.884. The number of rotatable bonds is 3. The van der Waals surface area contributed by atoms with Crippen LogP contribution in [0.4, 0.5) is 0 Å². The van der Waals surface area contributed by atoms with Crippen LogP contribution < -0.4 is 5.73 Å². The fourth-order valence-corrected chi connectivity index (χ4v) is 2.32. The lowest BCUT2D eigenvalue weighted by molar-refractivity contribution is 0.488. The molecule has 2 nitrogen and oxygen atoms in total. The van der Waals surface area contributed by atoms with Crippen LogP contribution in [-0.4, -0.2) is 0 Å². The van der Waals surface area contributed by atoms with E-state index in [0.29, 0.717) is 0 Å². The Morgan fingerprint density at radius 3 is 2.67 bits per heavy atom. The smallest absolute Gasteiger partial charge is 0.105 e. The van der Waals surface area contributed by atoms with E-state index < -0.39 is 0 Å². The topological polar surface area (TPSA) is 39.2 Å². The van der Waals surface area contributed by atoms with E-state index in [0.717, 1.165) is 12.2 Å². The van der Waals surface area contributed by atoms with E-state index >= 15 is 0 Å². The SMILES string of the molecule is NC(Cc1ccco1)c1ccccc1I. The van der Waals surface area contributed by atoms with Gasteiger partial charge in [-0.3, -0.25) is 0 Å². The highest BCUT2D eigenvalue weighted by Crippen LogP contribution is 2.21. The minimum Gasteiger partial charge on any atom is -0.469 e. The first-order valence-corrected chi connectivity index (χ1v) is 5.87. The first kappa shape index (κ1) is 10.7. The van der Waals surface area contributed by atoms with Gasteiger partial charge < -0.3 is 10.2 Å². The number of halogens is 1. The molecule has 2 rings (SSSR count). The second-order valence-corrected chi connectivity index (χ2v) is 4.57. The van der Waals surface area contributed by atoms with E-state index in [1.807, 2.05) is 24.3 Å². The van der Waals surface area contributed by atoms with E-state index in [4.69, 9.17) is 10.2 Å². The first-order valence-electron chi connectivity index (χ1n) is 4.80. The van der Waals surface area contributed by atoms with Crippen LogP contribution >= 0.6 is 22.6 Å². The molecule has 0 amide bonds. The van der Waals surface area contributed by atoms with Crippen molar-refractivity contribution >= 4 is 22.6 Å². The van der Waals surface area contributed by atoms with Gasteiger partial charge in [0.2, 0.25) is 0 Å². The number of furan rings is 1. The molecule has 2 N–H and O–H groups in total. The van der Waals surface area contributed by atoms with Gasteiger partial charge in [0.05, 0.1) is 6.26 Å². The molecule has 0 radical (unpaired) electrons. The molecule has 0 aliphatic rings. The second-order valence-electron chi connectivity index (χ2n) is 3.41. The largest absolute Gasteiger partial charge is 0.469 e. The molecule has 1 atom stereocenters.